The summed E-state index contributed by atoms with van der Waals surface area (Å²) in [5.41, 5.74) is 5.56. The van der Waals surface area contributed by atoms with Crippen molar-refractivity contribution in [1.82, 2.24) is 9.97 Å². The van der Waals surface area contributed by atoms with Crippen molar-refractivity contribution >= 4 is 23.1 Å². The van der Waals surface area contributed by atoms with Gasteiger partial charge in [-0.3, -0.25) is 4.79 Å². The Morgan fingerprint density at radius 2 is 2.47 bits per heavy atom. The fourth-order valence-electron chi connectivity index (χ4n) is 1.61. The van der Waals surface area contributed by atoms with Crippen LogP contribution in [0.4, 0.5) is 11.5 Å². The van der Waals surface area contributed by atoms with Gasteiger partial charge < -0.3 is 20.8 Å². The van der Waals surface area contributed by atoms with Crippen LogP contribution in [0.15, 0.2) is 35.1 Å². The molecule has 0 saturated carbocycles. The molecule has 0 aromatic carbocycles. The third kappa shape index (κ3) is 3.75. The zero-order valence-corrected chi connectivity index (χ0v) is 11.0. The molecule has 1 atom stereocenters. The third-order valence-corrected chi connectivity index (χ3v) is 2.89. The molecule has 1 aromatic heterocycles. The number of ether oxygens (including phenoxy) is 1. The van der Waals surface area contributed by atoms with E-state index in [0.29, 0.717) is 13.2 Å². The van der Waals surface area contributed by atoms with Gasteiger partial charge in [-0.2, -0.15) is 0 Å². The Morgan fingerprint density at radius 3 is 3.16 bits per heavy atom. The Kier molecular flexibility index (Phi) is 4.46. The number of aromatic nitrogens is 2. The van der Waals surface area contributed by atoms with Crippen molar-refractivity contribution in [3.05, 3.63) is 40.7 Å². The number of alkyl halides is 1. The summed E-state index contributed by atoms with van der Waals surface area (Å²) in [7, 11) is 0. The van der Waals surface area contributed by atoms with Crippen LogP contribution in [-0.4, -0.2) is 28.5 Å². The minimum atomic E-state index is -0.297. The summed E-state index contributed by atoms with van der Waals surface area (Å²) in [6, 6.07) is 0. The zero-order valence-electron chi connectivity index (χ0n) is 10.2. The maximum absolute atomic E-state index is 11.5. The molecule has 0 radical (unpaired) electrons. The molecule has 1 aliphatic rings. The van der Waals surface area contributed by atoms with Crippen LogP contribution in [0.2, 0.25) is 0 Å². The Labute approximate surface area is 115 Å². The molecule has 102 valence electrons. The van der Waals surface area contributed by atoms with Crippen molar-refractivity contribution in [1.29, 1.82) is 0 Å². The molecule has 1 heterocycles. The highest BCUT2D eigenvalue weighted by molar-refractivity contribution is 6.22. The number of halogens is 1. The average Bonchev–Trinajstić information content (AvgIpc) is 2.39. The second-order valence-electron chi connectivity index (χ2n) is 3.98. The van der Waals surface area contributed by atoms with E-state index < -0.39 is 0 Å². The maximum atomic E-state index is 11.5. The fourth-order valence-corrected chi connectivity index (χ4v) is 1.77. The van der Waals surface area contributed by atoms with E-state index in [1.54, 1.807) is 0 Å². The Morgan fingerprint density at radius 1 is 1.63 bits per heavy atom. The number of hydrogen-bond acceptors (Lipinski definition) is 5. The summed E-state index contributed by atoms with van der Waals surface area (Å²) in [5.74, 6) is 0.956. The van der Waals surface area contributed by atoms with Crippen LogP contribution in [-0.2, 0) is 4.74 Å². The van der Waals surface area contributed by atoms with Gasteiger partial charge in [0.1, 0.15) is 18.1 Å². The van der Waals surface area contributed by atoms with Gasteiger partial charge in [0, 0.05) is 6.54 Å². The first-order valence-electron chi connectivity index (χ1n) is 5.89. The SMILES string of the molecule is Nc1nc[nH]c(=O)c1NCCOC1=CCC(Cl)C=C1. The second kappa shape index (κ2) is 6.29. The number of rotatable bonds is 5. The quantitative estimate of drug-likeness (QED) is 0.558. The minimum Gasteiger partial charge on any atom is -0.492 e. The second-order valence-corrected chi connectivity index (χ2v) is 4.55. The molecule has 2 rings (SSSR count). The number of nitrogen functional groups attached to an aromatic ring is 1. The average molecular weight is 283 g/mol. The van der Waals surface area contributed by atoms with Crippen molar-refractivity contribution in [2.75, 3.05) is 24.2 Å². The summed E-state index contributed by atoms with van der Waals surface area (Å²) in [5, 5.41) is 2.94. The summed E-state index contributed by atoms with van der Waals surface area (Å²) in [6.07, 6.45) is 7.68. The molecule has 1 aliphatic carbocycles. The molecule has 1 unspecified atom stereocenters. The topological polar surface area (TPSA) is 93.0 Å². The van der Waals surface area contributed by atoms with Crippen molar-refractivity contribution in [3.63, 3.8) is 0 Å². The van der Waals surface area contributed by atoms with E-state index in [1.165, 1.54) is 6.33 Å². The van der Waals surface area contributed by atoms with Crippen molar-refractivity contribution in [3.8, 4) is 0 Å². The van der Waals surface area contributed by atoms with E-state index in [-0.39, 0.29) is 22.4 Å². The van der Waals surface area contributed by atoms with Crippen LogP contribution < -0.4 is 16.6 Å². The molecule has 0 fully saturated rings. The number of aromatic amines is 1. The van der Waals surface area contributed by atoms with Crippen LogP contribution in [0.25, 0.3) is 0 Å². The number of nitrogens with two attached hydrogens (primary N) is 1. The van der Waals surface area contributed by atoms with Crippen LogP contribution in [0.5, 0.6) is 0 Å². The first-order valence-corrected chi connectivity index (χ1v) is 6.32. The van der Waals surface area contributed by atoms with Gasteiger partial charge in [-0.1, -0.05) is 6.08 Å². The lowest BCUT2D eigenvalue weighted by Crippen LogP contribution is -2.20. The molecular formula is C12H15ClN4O2. The van der Waals surface area contributed by atoms with Gasteiger partial charge in [-0.25, -0.2) is 4.98 Å². The van der Waals surface area contributed by atoms with Crippen molar-refractivity contribution < 1.29 is 4.74 Å². The van der Waals surface area contributed by atoms with Gasteiger partial charge in [-0.15, -0.1) is 11.6 Å². The van der Waals surface area contributed by atoms with E-state index in [2.05, 4.69) is 15.3 Å². The predicted octanol–water partition coefficient (Wildman–Crippen LogP) is 1.23. The number of nitrogens with one attached hydrogen (secondary N) is 2. The first-order chi connectivity index (χ1) is 9.16. The lowest BCUT2D eigenvalue weighted by molar-refractivity contribution is 0.235. The van der Waals surface area contributed by atoms with Gasteiger partial charge in [0.2, 0.25) is 0 Å². The Balaban J connectivity index is 1.79. The monoisotopic (exact) mass is 282 g/mol. The van der Waals surface area contributed by atoms with Crippen LogP contribution >= 0.6 is 11.6 Å². The molecule has 0 saturated heterocycles. The highest BCUT2D eigenvalue weighted by Crippen LogP contribution is 2.15. The fraction of sp³-hybridized carbons (Fsp3) is 0.333. The molecule has 6 nitrogen and oxygen atoms in total. The summed E-state index contributed by atoms with van der Waals surface area (Å²) < 4.78 is 5.51. The highest BCUT2D eigenvalue weighted by Gasteiger charge is 2.07. The normalized spacial score (nSPS) is 17.9. The van der Waals surface area contributed by atoms with E-state index in [1.807, 2.05) is 18.2 Å². The molecular weight excluding hydrogens is 268 g/mol. The van der Waals surface area contributed by atoms with Gasteiger partial charge in [0.15, 0.2) is 5.82 Å². The zero-order chi connectivity index (χ0) is 13.7. The third-order valence-electron chi connectivity index (χ3n) is 2.57. The van der Waals surface area contributed by atoms with Crippen molar-refractivity contribution in [2.24, 2.45) is 0 Å². The Hall–Kier alpha value is -1.95. The van der Waals surface area contributed by atoms with Crippen LogP contribution in [0.3, 0.4) is 0 Å². The molecule has 4 N–H and O–H groups in total. The largest absolute Gasteiger partial charge is 0.492 e. The Bertz CT molecular complexity index is 553. The number of nitrogens with zero attached hydrogens (tertiary/aromatic N) is 1. The highest BCUT2D eigenvalue weighted by atomic mass is 35.5. The summed E-state index contributed by atoms with van der Waals surface area (Å²) >= 11 is 5.90. The van der Waals surface area contributed by atoms with E-state index in [4.69, 9.17) is 22.1 Å². The van der Waals surface area contributed by atoms with E-state index in [0.717, 1.165) is 12.2 Å². The van der Waals surface area contributed by atoms with Gasteiger partial charge in [0.05, 0.1) is 11.7 Å². The van der Waals surface area contributed by atoms with Crippen LogP contribution in [0, 0.1) is 0 Å². The molecule has 19 heavy (non-hydrogen) atoms. The lowest BCUT2D eigenvalue weighted by atomic mass is 10.2. The number of allylic oxidation sites excluding steroid dienone is 3. The van der Waals surface area contributed by atoms with Gasteiger partial charge in [0.25, 0.3) is 5.56 Å². The van der Waals surface area contributed by atoms with Gasteiger partial charge in [-0.05, 0) is 18.6 Å². The van der Waals surface area contributed by atoms with E-state index >= 15 is 0 Å². The smallest absolute Gasteiger partial charge is 0.276 e. The predicted molar refractivity (Wildman–Crippen MR) is 75.2 cm³/mol. The molecule has 1 aromatic rings. The van der Waals surface area contributed by atoms with Crippen LogP contribution in [0.1, 0.15) is 6.42 Å². The first kappa shape index (κ1) is 13.5. The summed E-state index contributed by atoms with van der Waals surface area (Å²) in [4.78, 5) is 17.7. The van der Waals surface area contributed by atoms with Crippen molar-refractivity contribution in [2.45, 2.75) is 11.8 Å². The molecule has 7 heteroatoms. The summed E-state index contributed by atoms with van der Waals surface area (Å²) in [6.45, 7) is 0.866. The molecule has 0 bridgehead atoms. The van der Waals surface area contributed by atoms with E-state index in [9.17, 15) is 4.79 Å². The number of hydrogen-bond donors (Lipinski definition) is 3. The lowest BCUT2D eigenvalue weighted by Gasteiger charge is -2.13. The molecule has 0 aliphatic heterocycles. The number of anilines is 2. The van der Waals surface area contributed by atoms with Gasteiger partial charge >= 0.3 is 0 Å². The standard InChI is InChI=1S/C12H15ClN4O2/c13-8-1-3-9(4-2-8)19-6-5-15-10-11(14)16-7-17-12(10)18/h1,3-4,7-8,15H,2,5-6H2,(H3,14,16,17,18). The number of H-pyrrole nitrogens is 1. The maximum Gasteiger partial charge on any atom is 0.276 e. The molecule has 0 amide bonds. The minimum absolute atomic E-state index is 0.0409. The molecule has 0 spiro atoms.